The number of aliphatic carboxylic acids is 1. The Kier molecular flexibility index (Phi) is 4.06. The Bertz CT molecular complexity index is 118. The van der Waals surface area contributed by atoms with Crippen molar-refractivity contribution in [3.05, 3.63) is 0 Å². The molecule has 0 aliphatic carbocycles. The Hall–Kier alpha value is -0.560. The van der Waals surface area contributed by atoms with Crippen LogP contribution >= 0.6 is 12.2 Å². The molecule has 0 aliphatic heterocycles. The summed E-state index contributed by atoms with van der Waals surface area (Å²) in [5, 5.41) is 17.1. The Morgan fingerprint density at radius 2 is 2.33 bits per heavy atom. The quantitative estimate of drug-likeness (QED) is 0.301. The van der Waals surface area contributed by atoms with E-state index in [-0.39, 0.29) is 0 Å². The van der Waals surface area contributed by atoms with Crippen molar-refractivity contribution in [2.45, 2.75) is 6.04 Å². The van der Waals surface area contributed by atoms with Crippen molar-refractivity contribution >= 4 is 23.6 Å². The number of carbonyl (C=O) groups is 1. The van der Waals surface area contributed by atoms with Crippen LogP contribution in [-0.2, 0) is 4.79 Å². The van der Waals surface area contributed by atoms with Crippen molar-refractivity contribution in [2.75, 3.05) is 0 Å². The minimum Gasteiger partial charge on any atom is -0.480 e. The highest BCUT2D eigenvalue weighted by Crippen LogP contribution is 1.75. The number of hydrogen-bond donors (Lipinski definition) is 4. The van der Waals surface area contributed by atoms with E-state index in [2.05, 4.69) is 12.2 Å². The molecule has 9 heavy (non-hydrogen) atoms. The molecule has 0 spiro atoms. The van der Waals surface area contributed by atoms with Gasteiger partial charge in [-0.1, -0.05) is 12.2 Å². The summed E-state index contributed by atoms with van der Waals surface area (Å²) in [6, 6.07) is -1.04. The molecular formula is C3H6N2O3S. The summed E-state index contributed by atoms with van der Waals surface area (Å²) in [6.07, 6.45) is 0. The van der Waals surface area contributed by atoms with Crippen molar-refractivity contribution in [1.29, 1.82) is 0 Å². The van der Waals surface area contributed by atoms with E-state index < -0.39 is 12.0 Å². The second kappa shape index (κ2) is 4.33. The Morgan fingerprint density at radius 1 is 1.78 bits per heavy atom. The van der Waals surface area contributed by atoms with E-state index in [9.17, 15) is 4.79 Å². The predicted molar refractivity (Wildman–Crippen MR) is 33.1 cm³/mol. The Labute approximate surface area is 56.6 Å². The molecule has 0 heterocycles. The smallest absolute Gasteiger partial charge is 0.326 e. The van der Waals surface area contributed by atoms with Gasteiger partial charge in [0.2, 0.25) is 0 Å². The minimum absolute atomic E-state index is 0.978. The summed E-state index contributed by atoms with van der Waals surface area (Å²) in [4.78, 5) is 10.0. The largest absolute Gasteiger partial charge is 0.480 e. The van der Waals surface area contributed by atoms with Crippen LogP contribution in [0.3, 0.4) is 0 Å². The Balaban J connectivity index is 3.68. The molecule has 0 aromatic carbocycles. The molecule has 0 fully saturated rings. The lowest BCUT2D eigenvalue weighted by atomic mass is 10.4. The van der Waals surface area contributed by atoms with Gasteiger partial charge in [0.25, 0.3) is 0 Å². The van der Waals surface area contributed by atoms with Crippen LogP contribution in [0.1, 0.15) is 0 Å². The zero-order valence-corrected chi connectivity index (χ0v) is 5.18. The molecule has 0 rings (SSSR count). The van der Waals surface area contributed by atoms with E-state index in [1.165, 1.54) is 5.59 Å². The lowest BCUT2D eigenvalue weighted by molar-refractivity contribution is -0.138. The molecule has 0 amide bonds. The van der Waals surface area contributed by atoms with Crippen molar-refractivity contribution in [2.24, 2.45) is 0 Å². The fourth-order valence-electron chi connectivity index (χ4n) is 0.224. The van der Waals surface area contributed by atoms with E-state index in [4.69, 9.17) is 10.3 Å². The van der Waals surface area contributed by atoms with Crippen LogP contribution in [0.2, 0.25) is 0 Å². The molecule has 0 aromatic rings. The molecule has 6 heteroatoms. The van der Waals surface area contributed by atoms with Crippen LogP contribution in [0.5, 0.6) is 0 Å². The van der Waals surface area contributed by atoms with Gasteiger partial charge >= 0.3 is 5.97 Å². The average molecular weight is 150 g/mol. The first-order valence-corrected chi connectivity index (χ1v) is 2.52. The van der Waals surface area contributed by atoms with E-state index >= 15 is 0 Å². The third-order valence-corrected chi connectivity index (χ3v) is 0.894. The highest BCUT2D eigenvalue weighted by atomic mass is 32.1. The molecule has 4 N–H and O–H groups in total. The van der Waals surface area contributed by atoms with Gasteiger partial charge in [0.15, 0.2) is 0 Å². The number of thiocarbonyl (C=S) groups is 1. The normalized spacial score (nSPS) is 12.6. The summed E-state index contributed by atoms with van der Waals surface area (Å²) in [7, 11) is 0. The number of nitrogens with one attached hydrogen (secondary N) is 2. The van der Waals surface area contributed by atoms with E-state index in [1.807, 2.05) is 5.43 Å². The maximum atomic E-state index is 10.0. The first-order valence-electron chi connectivity index (χ1n) is 2.05. The highest BCUT2D eigenvalue weighted by Gasteiger charge is 2.10. The predicted octanol–water partition coefficient (Wildman–Crippen LogP) is -1.08. The zero-order chi connectivity index (χ0) is 7.28. The fourth-order valence-corrected chi connectivity index (χ4v) is 0.408. The van der Waals surface area contributed by atoms with Crippen molar-refractivity contribution < 1.29 is 15.1 Å². The standard InChI is InChI=1S/C3H6N2O3S/c6-3(7)2(1-9)4-5-8/h1-2,4-5,8H,(H,6,7). The van der Waals surface area contributed by atoms with Crippen LogP contribution in [0, 0.1) is 0 Å². The number of hydrogen-bond acceptors (Lipinski definition) is 5. The van der Waals surface area contributed by atoms with Crippen LogP contribution in [0.15, 0.2) is 0 Å². The second-order valence-electron chi connectivity index (χ2n) is 1.21. The molecule has 1 unspecified atom stereocenters. The maximum Gasteiger partial charge on any atom is 0.326 e. The van der Waals surface area contributed by atoms with Gasteiger partial charge in [0.05, 0.1) is 0 Å². The van der Waals surface area contributed by atoms with Gasteiger partial charge in [0.1, 0.15) is 6.04 Å². The molecule has 0 saturated carbocycles. The van der Waals surface area contributed by atoms with Crippen LogP contribution in [0.4, 0.5) is 0 Å². The van der Waals surface area contributed by atoms with Crippen LogP contribution < -0.4 is 11.0 Å². The molecule has 0 radical (unpaired) electrons. The van der Waals surface area contributed by atoms with Crippen molar-refractivity contribution in [3.8, 4) is 0 Å². The van der Waals surface area contributed by atoms with Gasteiger partial charge in [-0.25, -0.2) is 5.43 Å². The molecule has 0 saturated heterocycles. The first kappa shape index (κ1) is 8.44. The lowest BCUT2D eigenvalue weighted by Crippen LogP contribution is -2.44. The van der Waals surface area contributed by atoms with E-state index in [1.54, 1.807) is 0 Å². The summed E-state index contributed by atoms with van der Waals surface area (Å²) in [5.41, 5.74) is 3.45. The summed E-state index contributed by atoms with van der Waals surface area (Å²) in [5.74, 6) is -1.15. The van der Waals surface area contributed by atoms with Gasteiger partial charge < -0.3 is 10.3 Å². The molecule has 0 aliphatic rings. The minimum atomic E-state index is -1.15. The van der Waals surface area contributed by atoms with E-state index in [0.717, 1.165) is 5.37 Å². The Morgan fingerprint density at radius 3 is 2.44 bits per heavy atom. The van der Waals surface area contributed by atoms with Gasteiger partial charge in [-0.3, -0.25) is 4.79 Å². The molecule has 1 atom stereocenters. The van der Waals surface area contributed by atoms with Crippen LogP contribution in [0.25, 0.3) is 0 Å². The zero-order valence-electron chi connectivity index (χ0n) is 4.37. The van der Waals surface area contributed by atoms with Gasteiger partial charge in [0, 0.05) is 5.37 Å². The lowest BCUT2D eigenvalue weighted by Gasteiger charge is -2.04. The summed E-state index contributed by atoms with van der Waals surface area (Å²) >= 11 is 4.30. The van der Waals surface area contributed by atoms with Crippen molar-refractivity contribution in [3.63, 3.8) is 0 Å². The summed E-state index contributed by atoms with van der Waals surface area (Å²) < 4.78 is 0. The van der Waals surface area contributed by atoms with Crippen LogP contribution in [-0.4, -0.2) is 27.7 Å². The molecular weight excluding hydrogens is 144 g/mol. The third kappa shape index (κ3) is 3.09. The van der Waals surface area contributed by atoms with Gasteiger partial charge in [-0.05, 0) is 0 Å². The third-order valence-electron chi connectivity index (χ3n) is 0.622. The first-order chi connectivity index (χ1) is 4.22. The average Bonchev–Trinajstić information content (AvgIpc) is 1.82. The second-order valence-corrected chi connectivity index (χ2v) is 1.48. The molecule has 5 nitrogen and oxygen atoms in total. The van der Waals surface area contributed by atoms with Crippen molar-refractivity contribution in [1.82, 2.24) is 11.0 Å². The number of carboxylic acids is 1. The number of carboxylic acid groups (broad SMARTS) is 1. The number of rotatable bonds is 4. The SMILES string of the molecule is O=C(O)C(C=S)NNO. The monoisotopic (exact) mass is 150 g/mol. The van der Waals surface area contributed by atoms with Gasteiger partial charge in [-0.15, -0.1) is 5.59 Å². The topological polar surface area (TPSA) is 81.6 Å². The fraction of sp³-hybridized carbons (Fsp3) is 0.333. The molecule has 52 valence electrons. The van der Waals surface area contributed by atoms with Gasteiger partial charge in [-0.2, -0.15) is 0 Å². The highest BCUT2D eigenvalue weighted by molar-refractivity contribution is 7.79. The van der Waals surface area contributed by atoms with E-state index in [0.29, 0.717) is 0 Å². The summed E-state index contributed by atoms with van der Waals surface area (Å²) in [6.45, 7) is 0. The number of hydrazine groups is 1. The maximum absolute atomic E-state index is 10.0. The molecule has 0 aromatic heterocycles. The molecule has 0 bridgehead atoms.